The highest BCUT2D eigenvalue weighted by Crippen LogP contribution is 2.37. The van der Waals surface area contributed by atoms with E-state index in [0.29, 0.717) is 6.54 Å². The van der Waals surface area contributed by atoms with Gasteiger partial charge in [0.15, 0.2) is 0 Å². The van der Waals surface area contributed by atoms with Gasteiger partial charge < -0.3 is 4.90 Å². The van der Waals surface area contributed by atoms with Crippen molar-refractivity contribution in [1.29, 1.82) is 0 Å². The SMILES string of the molecule is CCN(CC)CCn1cnc2sc(C)c(-c3cccs3)c2c1=O. The first-order valence-corrected chi connectivity index (χ1v) is 9.60. The molecule has 3 rings (SSSR count). The summed E-state index contributed by atoms with van der Waals surface area (Å²) < 4.78 is 1.75. The van der Waals surface area contributed by atoms with Crippen LogP contribution in [0.15, 0.2) is 28.6 Å². The van der Waals surface area contributed by atoms with E-state index in [0.717, 1.165) is 45.2 Å². The molecule has 0 aromatic carbocycles. The van der Waals surface area contributed by atoms with Crippen molar-refractivity contribution in [3.8, 4) is 10.4 Å². The Labute approximate surface area is 144 Å². The number of hydrogen-bond donors (Lipinski definition) is 0. The van der Waals surface area contributed by atoms with Crippen molar-refractivity contribution in [3.63, 3.8) is 0 Å². The van der Waals surface area contributed by atoms with E-state index in [4.69, 9.17) is 0 Å². The van der Waals surface area contributed by atoms with Gasteiger partial charge in [0.05, 0.1) is 11.7 Å². The Hall–Kier alpha value is -1.50. The smallest absolute Gasteiger partial charge is 0.262 e. The van der Waals surface area contributed by atoms with Crippen LogP contribution in [0.25, 0.3) is 20.7 Å². The van der Waals surface area contributed by atoms with E-state index in [9.17, 15) is 4.79 Å². The predicted octanol–water partition coefficient (Wildman–Crippen LogP) is 3.84. The van der Waals surface area contributed by atoms with E-state index < -0.39 is 0 Å². The zero-order valence-corrected chi connectivity index (χ0v) is 15.3. The summed E-state index contributed by atoms with van der Waals surface area (Å²) >= 11 is 3.28. The van der Waals surface area contributed by atoms with Crippen LogP contribution in [0.3, 0.4) is 0 Å². The van der Waals surface area contributed by atoms with Crippen LogP contribution < -0.4 is 5.56 Å². The minimum atomic E-state index is 0.0786. The third-order valence-electron chi connectivity index (χ3n) is 4.17. The van der Waals surface area contributed by atoms with E-state index in [-0.39, 0.29) is 5.56 Å². The molecule has 0 aliphatic heterocycles. The molecule has 0 bridgehead atoms. The Kier molecular flexibility index (Phi) is 4.94. The number of nitrogens with zero attached hydrogens (tertiary/aromatic N) is 3. The molecule has 4 nitrogen and oxygen atoms in total. The lowest BCUT2D eigenvalue weighted by Gasteiger charge is -2.18. The maximum Gasteiger partial charge on any atom is 0.262 e. The number of aryl methyl sites for hydroxylation is 1. The van der Waals surface area contributed by atoms with E-state index in [1.165, 1.54) is 0 Å². The van der Waals surface area contributed by atoms with Gasteiger partial charge in [-0.15, -0.1) is 22.7 Å². The zero-order chi connectivity index (χ0) is 16.4. The van der Waals surface area contributed by atoms with Gasteiger partial charge in [-0.25, -0.2) is 4.98 Å². The number of thiophene rings is 2. The highest BCUT2D eigenvalue weighted by molar-refractivity contribution is 7.20. The second kappa shape index (κ2) is 6.95. The molecule has 0 atom stereocenters. The minimum absolute atomic E-state index is 0.0786. The lowest BCUT2D eigenvalue weighted by molar-refractivity contribution is 0.289. The fourth-order valence-electron chi connectivity index (χ4n) is 2.80. The molecular formula is C17H21N3OS2. The van der Waals surface area contributed by atoms with Crippen molar-refractivity contribution < 1.29 is 0 Å². The van der Waals surface area contributed by atoms with Gasteiger partial charge in [0.25, 0.3) is 5.56 Å². The summed E-state index contributed by atoms with van der Waals surface area (Å²) in [6.45, 7) is 9.91. The molecular weight excluding hydrogens is 326 g/mol. The van der Waals surface area contributed by atoms with Crippen molar-refractivity contribution in [2.24, 2.45) is 0 Å². The topological polar surface area (TPSA) is 38.1 Å². The Morgan fingerprint density at radius 2 is 2.09 bits per heavy atom. The highest BCUT2D eigenvalue weighted by Gasteiger charge is 2.17. The summed E-state index contributed by atoms with van der Waals surface area (Å²) in [5.74, 6) is 0. The average Bonchev–Trinajstić information content (AvgIpc) is 3.17. The molecule has 0 aliphatic rings. The first-order valence-electron chi connectivity index (χ1n) is 7.90. The normalized spacial score (nSPS) is 11.7. The molecule has 0 saturated carbocycles. The molecule has 0 fully saturated rings. The quantitative estimate of drug-likeness (QED) is 0.680. The van der Waals surface area contributed by atoms with Gasteiger partial charge >= 0.3 is 0 Å². The largest absolute Gasteiger partial charge is 0.302 e. The molecule has 0 saturated heterocycles. The maximum atomic E-state index is 13.0. The van der Waals surface area contributed by atoms with Crippen LogP contribution in [0.2, 0.25) is 0 Å². The monoisotopic (exact) mass is 347 g/mol. The summed E-state index contributed by atoms with van der Waals surface area (Å²) in [5.41, 5.74) is 1.14. The van der Waals surface area contributed by atoms with Crippen LogP contribution in [0.4, 0.5) is 0 Å². The standard InChI is InChI=1S/C17H21N3OS2/c1-4-19(5-2)8-9-20-11-18-16-15(17(20)21)14(12(3)23-16)13-7-6-10-22-13/h6-7,10-11H,4-5,8-9H2,1-3H3. The van der Waals surface area contributed by atoms with Crippen molar-refractivity contribution in [1.82, 2.24) is 14.5 Å². The number of aromatic nitrogens is 2. The molecule has 0 radical (unpaired) electrons. The van der Waals surface area contributed by atoms with Gasteiger partial charge in [-0.3, -0.25) is 9.36 Å². The molecule has 0 spiro atoms. The molecule has 23 heavy (non-hydrogen) atoms. The molecule has 3 aromatic heterocycles. The summed E-state index contributed by atoms with van der Waals surface area (Å²) in [6.07, 6.45) is 1.70. The lowest BCUT2D eigenvalue weighted by atomic mass is 10.1. The van der Waals surface area contributed by atoms with Crippen molar-refractivity contribution in [3.05, 3.63) is 39.1 Å². The number of rotatable bonds is 6. The van der Waals surface area contributed by atoms with Crippen molar-refractivity contribution in [2.75, 3.05) is 19.6 Å². The van der Waals surface area contributed by atoms with Crippen molar-refractivity contribution >= 4 is 32.9 Å². The zero-order valence-electron chi connectivity index (χ0n) is 13.7. The Bertz CT molecular complexity index is 845. The first-order chi connectivity index (χ1) is 11.2. The van der Waals surface area contributed by atoms with E-state index in [1.807, 2.05) is 11.4 Å². The Balaban J connectivity index is 2.05. The number of likely N-dealkylation sites (N-methyl/N-ethyl adjacent to an activating group) is 1. The first kappa shape index (κ1) is 16.4. The summed E-state index contributed by atoms with van der Waals surface area (Å²) in [5, 5.41) is 2.82. The van der Waals surface area contributed by atoms with Crippen LogP contribution in [0, 0.1) is 6.92 Å². The van der Waals surface area contributed by atoms with E-state index in [1.54, 1.807) is 33.6 Å². The summed E-state index contributed by atoms with van der Waals surface area (Å²) in [6, 6.07) is 4.10. The molecule has 0 aliphatic carbocycles. The third kappa shape index (κ3) is 3.11. The van der Waals surface area contributed by atoms with Gasteiger partial charge in [0.2, 0.25) is 0 Å². The fraction of sp³-hybridized carbons (Fsp3) is 0.412. The predicted molar refractivity (Wildman–Crippen MR) is 99.7 cm³/mol. The molecule has 0 unspecified atom stereocenters. The van der Waals surface area contributed by atoms with Crippen LogP contribution in [-0.2, 0) is 6.54 Å². The third-order valence-corrected chi connectivity index (χ3v) is 6.07. The fourth-order valence-corrected chi connectivity index (χ4v) is 4.70. The van der Waals surface area contributed by atoms with Gasteiger partial charge in [-0.1, -0.05) is 19.9 Å². The average molecular weight is 348 g/mol. The Morgan fingerprint density at radius 3 is 2.74 bits per heavy atom. The van der Waals surface area contributed by atoms with Gasteiger partial charge in [-0.2, -0.15) is 0 Å². The molecule has 3 heterocycles. The highest BCUT2D eigenvalue weighted by atomic mass is 32.1. The van der Waals surface area contributed by atoms with Crippen molar-refractivity contribution in [2.45, 2.75) is 27.3 Å². The molecule has 0 amide bonds. The second-order valence-corrected chi connectivity index (χ2v) is 7.61. The van der Waals surface area contributed by atoms with E-state index >= 15 is 0 Å². The van der Waals surface area contributed by atoms with Crippen LogP contribution in [0.1, 0.15) is 18.7 Å². The molecule has 6 heteroatoms. The van der Waals surface area contributed by atoms with Crippen LogP contribution in [0.5, 0.6) is 0 Å². The van der Waals surface area contributed by atoms with E-state index in [2.05, 4.69) is 36.7 Å². The lowest BCUT2D eigenvalue weighted by Crippen LogP contribution is -2.31. The van der Waals surface area contributed by atoms with Crippen LogP contribution >= 0.6 is 22.7 Å². The minimum Gasteiger partial charge on any atom is -0.302 e. The van der Waals surface area contributed by atoms with Gasteiger partial charge in [0.1, 0.15) is 4.83 Å². The summed E-state index contributed by atoms with van der Waals surface area (Å²) in [7, 11) is 0. The summed E-state index contributed by atoms with van der Waals surface area (Å²) in [4.78, 5) is 23.0. The van der Waals surface area contributed by atoms with Crippen LogP contribution in [-0.4, -0.2) is 34.1 Å². The number of fused-ring (bicyclic) bond motifs is 1. The Morgan fingerprint density at radius 1 is 1.30 bits per heavy atom. The molecule has 3 aromatic rings. The number of hydrogen-bond acceptors (Lipinski definition) is 5. The van der Waals surface area contributed by atoms with Gasteiger partial charge in [-0.05, 0) is 31.5 Å². The molecule has 122 valence electrons. The van der Waals surface area contributed by atoms with Gasteiger partial charge in [0, 0.05) is 28.4 Å². The molecule has 0 N–H and O–H groups in total. The second-order valence-electron chi connectivity index (χ2n) is 5.46. The maximum absolute atomic E-state index is 13.0.